The van der Waals surface area contributed by atoms with Crippen molar-refractivity contribution in [3.05, 3.63) is 24.3 Å². The molecule has 1 saturated heterocycles. The number of piperidine rings is 1. The van der Waals surface area contributed by atoms with Gasteiger partial charge in [-0.2, -0.15) is 0 Å². The molecule has 0 radical (unpaired) electrons. The first kappa shape index (κ1) is 15.3. The van der Waals surface area contributed by atoms with Crippen molar-refractivity contribution in [1.29, 1.82) is 0 Å². The van der Waals surface area contributed by atoms with Gasteiger partial charge in [-0.1, -0.05) is 0 Å². The Morgan fingerprint density at radius 2 is 1.75 bits per heavy atom. The summed E-state index contributed by atoms with van der Waals surface area (Å²) in [4.78, 5) is 0.307. The first-order chi connectivity index (χ1) is 9.47. The zero-order valence-corrected chi connectivity index (χ0v) is 12.8. The molecule has 0 saturated carbocycles. The number of benzene rings is 1. The lowest BCUT2D eigenvalue weighted by Crippen LogP contribution is -2.35. The summed E-state index contributed by atoms with van der Waals surface area (Å²) in [5.74, 6) is 0. The Kier molecular flexibility index (Phi) is 5.01. The smallest absolute Gasteiger partial charge is 0.240 e. The summed E-state index contributed by atoms with van der Waals surface area (Å²) < 4.78 is 26.6. The highest BCUT2D eigenvalue weighted by Gasteiger charge is 2.16. The van der Waals surface area contributed by atoms with Crippen LogP contribution in [0, 0.1) is 0 Å². The van der Waals surface area contributed by atoms with Gasteiger partial charge in [-0.25, -0.2) is 13.1 Å². The Morgan fingerprint density at radius 1 is 1.15 bits per heavy atom. The van der Waals surface area contributed by atoms with Crippen LogP contribution in [0.4, 0.5) is 5.69 Å². The van der Waals surface area contributed by atoms with Crippen LogP contribution in [0.1, 0.15) is 26.7 Å². The summed E-state index contributed by atoms with van der Waals surface area (Å²) in [5.41, 5.74) is 0.973. The molecule has 0 aromatic heterocycles. The second-order valence-electron chi connectivity index (χ2n) is 5.47. The van der Waals surface area contributed by atoms with E-state index in [2.05, 4.69) is 15.4 Å². The van der Waals surface area contributed by atoms with Crippen LogP contribution in [0.2, 0.25) is 0 Å². The maximum atomic E-state index is 12.0. The van der Waals surface area contributed by atoms with Crippen molar-refractivity contribution < 1.29 is 8.42 Å². The van der Waals surface area contributed by atoms with E-state index in [1.807, 2.05) is 26.0 Å². The van der Waals surface area contributed by atoms with Crippen LogP contribution in [-0.2, 0) is 10.0 Å². The predicted molar refractivity (Wildman–Crippen MR) is 81.4 cm³/mol. The molecule has 0 aliphatic carbocycles. The molecule has 0 atom stereocenters. The van der Waals surface area contributed by atoms with Gasteiger partial charge >= 0.3 is 0 Å². The molecule has 0 spiro atoms. The third kappa shape index (κ3) is 4.19. The average molecular weight is 297 g/mol. The van der Waals surface area contributed by atoms with E-state index < -0.39 is 10.0 Å². The molecule has 5 nitrogen and oxygen atoms in total. The van der Waals surface area contributed by atoms with Crippen molar-refractivity contribution in [2.45, 2.75) is 43.7 Å². The van der Waals surface area contributed by atoms with Gasteiger partial charge in [0.1, 0.15) is 0 Å². The zero-order valence-electron chi connectivity index (χ0n) is 12.0. The normalized spacial score (nSPS) is 17.4. The number of nitrogens with one attached hydrogen (secondary N) is 3. The number of rotatable bonds is 5. The quantitative estimate of drug-likeness (QED) is 0.771. The van der Waals surface area contributed by atoms with E-state index in [1.165, 1.54) is 0 Å². The van der Waals surface area contributed by atoms with Crippen LogP contribution >= 0.6 is 0 Å². The molecule has 3 N–H and O–H groups in total. The molecule has 1 fully saturated rings. The maximum Gasteiger partial charge on any atom is 0.240 e. The molecule has 6 heteroatoms. The Morgan fingerprint density at radius 3 is 2.30 bits per heavy atom. The number of hydrogen-bond acceptors (Lipinski definition) is 4. The van der Waals surface area contributed by atoms with Gasteiger partial charge in [-0.3, -0.25) is 0 Å². The molecule has 1 aromatic rings. The van der Waals surface area contributed by atoms with Crippen LogP contribution in [0.25, 0.3) is 0 Å². The summed E-state index contributed by atoms with van der Waals surface area (Å²) in [6.07, 6.45) is 2.18. The highest BCUT2D eigenvalue weighted by Crippen LogP contribution is 2.17. The fraction of sp³-hybridized carbons (Fsp3) is 0.571. The Bertz CT molecular complexity index is 520. The van der Waals surface area contributed by atoms with Crippen molar-refractivity contribution >= 4 is 15.7 Å². The van der Waals surface area contributed by atoms with Crippen molar-refractivity contribution in [3.8, 4) is 0 Å². The molecule has 1 aliphatic heterocycles. The maximum absolute atomic E-state index is 12.0. The molecule has 1 aromatic carbocycles. The summed E-state index contributed by atoms with van der Waals surface area (Å²) >= 11 is 0. The van der Waals surface area contributed by atoms with Gasteiger partial charge in [0.15, 0.2) is 0 Å². The van der Waals surface area contributed by atoms with E-state index in [0.29, 0.717) is 10.9 Å². The number of anilines is 1. The molecule has 0 amide bonds. The standard InChI is InChI=1S/C14H23N3O2S/c1-11(2)17-20(18,19)14-5-3-12(4-6-14)16-13-7-9-15-10-8-13/h3-6,11,13,15-17H,7-10H2,1-2H3. The second-order valence-corrected chi connectivity index (χ2v) is 7.18. The fourth-order valence-corrected chi connectivity index (χ4v) is 3.56. The Labute approximate surface area is 121 Å². The largest absolute Gasteiger partial charge is 0.382 e. The topological polar surface area (TPSA) is 70.2 Å². The van der Waals surface area contributed by atoms with E-state index in [4.69, 9.17) is 0 Å². The van der Waals surface area contributed by atoms with Gasteiger partial charge in [0.05, 0.1) is 4.90 Å². The van der Waals surface area contributed by atoms with E-state index in [0.717, 1.165) is 31.6 Å². The average Bonchev–Trinajstić information content (AvgIpc) is 2.39. The van der Waals surface area contributed by atoms with Crippen molar-refractivity contribution in [2.75, 3.05) is 18.4 Å². The van der Waals surface area contributed by atoms with E-state index in [9.17, 15) is 8.42 Å². The van der Waals surface area contributed by atoms with Crippen LogP contribution in [-0.4, -0.2) is 33.6 Å². The van der Waals surface area contributed by atoms with Crippen molar-refractivity contribution in [2.24, 2.45) is 0 Å². The van der Waals surface area contributed by atoms with E-state index >= 15 is 0 Å². The minimum Gasteiger partial charge on any atom is -0.382 e. The van der Waals surface area contributed by atoms with Gasteiger partial charge in [0, 0.05) is 17.8 Å². The zero-order chi connectivity index (χ0) is 14.6. The molecule has 20 heavy (non-hydrogen) atoms. The number of hydrogen-bond donors (Lipinski definition) is 3. The minimum absolute atomic E-state index is 0.104. The van der Waals surface area contributed by atoms with Crippen LogP contribution < -0.4 is 15.4 Å². The van der Waals surface area contributed by atoms with Crippen LogP contribution in [0.15, 0.2) is 29.2 Å². The van der Waals surface area contributed by atoms with Gasteiger partial charge in [0.2, 0.25) is 10.0 Å². The second kappa shape index (κ2) is 6.56. The first-order valence-corrected chi connectivity index (χ1v) is 8.55. The third-order valence-electron chi connectivity index (χ3n) is 3.27. The molecule has 112 valence electrons. The van der Waals surface area contributed by atoms with Crippen LogP contribution in [0.3, 0.4) is 0 Å². The third-order valence-corrected chi connectivity index (χ3v) is 4.94. The SMILES string of the molecule is CC(C)NS(=O)(=O)c1ccc(NC2CCNCC2)cc1. The lowest BCUT2D eigenvalue weighted by molar-refractivity contribution is 0.479. The van der Waals surface area contributed by atoms with Crippen molar-refractivity contribution in [1.82, 2.24) is 10.0 Å². The molecule has 0 bridgehead atoms. The number of sulfonamides is 1. The lowest BCUT2D eigenvalue weighted by Gasteiger charge is -2.24. The first-order valence-electron chi connectivity index (χ1n) is 7.07. The molecular weight excluding hydrogens is 274 g/mol. The predicted octanol–water partition coefficient (Wildman–Crippen LogP) is 1.54. The molecule has 1 aliphatic rings. The summed E-state index contributed by atoms with van der Waals surface area (Å²) in [7, 11) is -3.40. The van der Waals surface area contributed by atoms with Crippen molar-refractivity contribution in [3.63, 3.8) is 0 Å². The molecule has 0 unspecified atom stereocenters. The molecule has 1 heterocycles. The summed E-state index contributed by atoms with van der Waals surface area (Å²) in [6, 6.07) is 7.32. The van der Waals surface area contributed by atoms with Crippen LogP contribution in [0.5, 0.6) is 0 Å². The fourth-order valence-electron chi connectivity index (χ4n) is 2.31. The Hall–Kier alpha value is -1.11. The van der Waals surface area contributed by atoms with E-state index in [1.54, 1.807) is 12.1 Å². The molecule has 2 rings (SSSR count). The molecular formula is C14H23N3O2S. The van der Waals surface area contributed by atoms with Gasteiger partial charge < -0.3 is 10.6 Å². The van der Waals surface area contributed by atoms with E-state index in [-0.39, 0.29) is 6.04 Å². The summed E-state index contributed by atoms with van der Waals surface area (Å²) in [5, 5.41) is 6.77. The monoisotopic (exact) mass is 297 g/mol. The Balaban J connectivity index is 2.02. The lowest BCUT2D eigenvalue weighted by atomic mass is 10.1. The minimum atomic E-state index is -3.40. The van der Waals surface area contributed by atoms with Gasteiger partial charge in [-0.05, 0) is 64.0 Å². The highest BCUT2D eigenvalue weighted by atomic mass is 32.2. The highest BCUT2D eigenvalue weighted by molar-refractivity contribution is 7.89. The summed E-state index contributed by atoms with van der Waals surface area (Å²) in [6.45, 7) is 5.68. The van der Waals surface area contributed by atoms with Gasteiger partial charge in [0.25, 0.3) is 0 Å². The van der Waals surface area contributed by atoms with Gasteiger partial charge in [-0.15, -0.1) is 0 Å².